The molecule has 1 aliphatic rings. The second-order valence-electron chi connectivity index (χ2n) is 8.03. The number of amides is 1. The van der Waals surface area contributed by atoms with Crippen LogP contribution in [0.2, 0.25) is 0 Å². The molecule has 0 radical (unpaired) electrons. The van der Waals surface area contributed by atoms with E-state index in [-0.39, 0.29) is 5.91 Å². The Bertz CT molecular complexity index is 1130. The molecule has 1 amide bonds. The summed E-state index contributed by atoms with van der Waals surface area (Å²) in [5, 5.41) is 7.12. The third-order valence-electron chi connectivity index (χ3n) is 5.42. The number of aryl methyl sites for hydroxylation is 1. The normalized spacial score (nSPS) is 14.9. The Balaban J connectivity index is 0.000000383. The maximum absolute atomic E-state index is 13.2. The summed E-state index contributed by atoms with van der Waals surface area (Å²) in [5.41, 5.74) is 2.42. The van der Waals surface area contributed by atoms with Crippen LogP contribution < -0.4 is 0 Å². The number of alkyl halides is 3. The van der Waals surface area contributed by atoms with Crippen LogP contribution >= 0.6 is 0 Å². The Morgan fingerprint density at radius 2 is 1.70 bits per heavy atom. The number of pyridine rings is 1. The topological polar surface area (TPSA) is 83.1 Å². The molecule has 4 heterocycles. The Morgan fingerprint density at radius 1 is 1.06 bits per heavy atom. The first-order chi connectivity index (χ1) is 15.5. The fraction of sp³-hybridized carbons (Fsp3) is 0.409. The van der Waals surface area contributed by atoms with Crippen molar-refractivity contribution in [2.45, 2.75) is 26.1 Å². The third kappa shape index (κ3) is 5.54. The highest BCUT2D eigenvalue weighted by molar-refractivity contribution is 6.00. The van der Waals surface area contributed by atoms with Gasteiger partial charge in [-0.05, 0) is 32.0 Å². The third-order valence-corrected chi connectivity index (χ3v) is 5.42. The van der Waals surface area contributed by atoms with Crippen molar-refractivity contribution in [3.8, 4) is 11.4 Å². The summed E-state index contributed by atoms with van der Waals surface area (Å²) in [5.74, 6) is -1.92. The number of fused-ring (bicyclic) bond motifs is 1. The smallest absolute Gasteiger partial charge is 0.475 e. The zero-order valence-corrected chi connectivity index (χ0v) is 18.6. The van der Waals surface area contributed by atoms with Gasteiger partial charge in [-0.25, -0.2) is 9.78 Å². The van der Waals surface area contributed by atoms with Gasteiger partial charge in [-0.1, -0.05) is 6.07 Å². The molecule has 4 rings (SSSR count). The highest BCUT2D eigenvalue weighted by atomic mass is 19.4. The van der Waals surface area contributed by atoms with Crippen LogP contribution in [0, 0.1) is 0 Å². The average Bonchev–Trinajstić information content (AvgIpc) is 3.36. The van der Waals surface area contributed by atoms with Crippen molar-refractivity contribution in [1.82, 2.24) is 23.8 Å². The van der Waals surface area contributed by atoms with Gasteiger partial charge < -0.3 is 14.6 Å². The molecule has 178 valence electrons. The van der Waals surface area contributed by atoms with Gasteiger partial charge in [0.05, 0.1) is 5.52 Å². The van der Waals surface area contributed by atoms with Gasteiger partial charge in [0.25, 0.3) is 5.91 Å². The minimum Gasteiger partial charge on any atom is -0.475 e. The van der Waals surface area contributed by atoms with Crippen molar-refractivity contribution in [1.29, 1.82) is 0 Å². The molecule has 33 heavy (non-hydrogen) atoms. The van der Waals surface area contributed by atoms with E-state index in [1.165, 1.54) is 0 Å². The Labute approximate surface area is 188 Å². The molecule has 0 unspecified atom stereocenters. The summed E-state index contributed by atoms with van der Waals surface area (Å²) in [6.07, 6.45) is 0.904. The second-order valence-corrected chi connectivity index (χ2v) is 8.03. The molecule has 1 aliphatic heterocycles. The van der Waals surface area contributed by atoms with Gasteiger partial charge in [0, 0.05) is 63.4 Å². The number of aliphatic carboxylic acids is 1. The van der Waals surface area contributed by atoms with Gasteiger partial charge in [-0.15, -0.1) is 0 Å². The van der Waals surface area contributed by atoms with Crippen molar-refractivity contribution < 1.29 is 27.9 Å². The number of carbonyl (C=O) groups is 2. The first-order valence-electron chi connectivity index (χ1n) is 10.4. The van der Waals surface area contributed by atoms with Crippen molar-refractivity contribution in [2.24, 2.45) is 7.05 Å². The van der Waals surface area contributed by atoms with Crippen LogP contribution in [0.5, 0.6) is 0 Å². The quantitative estimate of drug-likeness (QED) is 0.643. The number of imidazole rings is 1. The summed E-state index contributed by atoms with van der Waals surface area (Å²) in [6, 6.07) is 8.44. The molecule has 3 aromatic rings. The Kier molecular flexibility index (Phi) is 7.11. The molecule has 1 saturated heterocycles. The van der Waals surface area contributed by atoms with Crippen molar-refractivity contribution in [3.05, 3.63) is 48.5 Å². The lowest BCUT2D eigenvalue weighted by molar-refractivity contribution is -0.192. The van der Waals surface area contributed by atoms with Gasteiger partial charge in [0.1, 0.15) is 5.82 Å². The average molecular weight is 465 g/mol. The number of carboxylic acids is 1. The van der Waals surface area contributed by atoms with Gasteiger partial charge in [-0.3, -0.25) is 14.1 Å². The molecular weight excluding hydrogens is 439 g/mol. The number of carboxylic acid groups (broad SMARTS) is 1. The number of hydrogen-bond donors (Lipinski definition) is 1. The maximum Gasteiger partial charge on any atom is 0.490 e. The van der Waals surface area contributed by atoms with Crippen LogP contribution in [0.15, 0.2) is 42.9 Å². The lowest BCUT2D eigenvalue weighted by Crippen LogP contribution is -2.50. The summed E-state index contributed by atoms with van der Waals surface area (Å²) < 4.78 is 35.7. The fourth-order valence-electron chi connectivity index (χ4n) is 3.63. The van der Waals surface area contributed by atoms with E-state index in [2.05, 4.69) is 18.7 Å². The van der Waals surface area contributed by atoms with Gasteiger partial charge >= 0.3 is 12.1 Å². The number of rotatable bonds is 3. The molecule has 0 atom stereocenters. The molecule has 1 N–H and O–H groups in total. The lowest BCUT2D eigenvalue weighted by Gasteiger charge is -2.36. The molecule has 0 spiro atoms. The predicted molar refractivity (Wildman–Crippen MR) is 116 cm³/mol. The SMILES string of the molecule is CC(C)N1CCN(C(=O)c2nc(-c3ccn(C)c3)n3ccccc23)CC1.O=C(O)C(F)(F)F. The highest BCUT2D eigenvalue weighted by Gasteiger charge is 2.38. The molecule has 0 saturated carbocycles. The minimum absolute atomic E-state index is 0.0271. The van der Waals surface area contributed by atoms with Crippen LogP contribution in [0.4, 0.5) is 13.2 Å². The zero-order chi connectivity index (χ0) is 24.3. The summed E-state index contributed by atoms with van der Waals surface area (Å²) in [7, 11) is 1.99. The number of nitrogens with zero attached hydrogens (tertiary/aromatic N) is 5. The van der Waals surface area contributed by atoms with E-state index in [1.807, 2.05) is 63.8 Å². The van der Waals surface area contributed by atoms with Gasteiger partial charge in [-0.2, -0.15) is 13.2 Å². The number of piperazine rings is 1. The standard InChI is InChI=1S/C20H25N5O.C2HF3O2/c1-15(2)23-10-12-24(13-11-23)20(26)18-17-6-4-5-8-25(17)19(21-18)16-7-9-22(3)14-16;3-2(4,5)1(6)7/h4-9,14-15H,10-13H2,1-3H3;(H,6,7). The molecule has 8 nitrogen and oxygen atoms in total. The van der Waals surface area contributed by atoms with Crippen LogP contribution in [-0.2, 0) is 11.8 Å². The summed E-state index contributed by atoms with van der Waals surface area (Å²) in [6.45, 7) is 7.74. The number of halogens is 3. The van der Waals surface area contributed by atoms with Gasteiger partial charge in [0.15, 0.2) is 5.69 Å². The Hall–Kier alpha value is -3.34. The number of hydrogen-bond acceptors (Lipinski definition) is 4. The van der Waals surface area contributed by atoms with Crippen LogP contribution in [0.1, 0.15) is 24.3 Å². The predicted octanol–water partition coefficient (Wildman–Crippen LogP) is 3.14. The van der Waals surface area contributed by atoms with Crippen molar-refractivity contribution in [2.75, 3.05) is 26.2 Å². The first-order valence-corrected chi connectivity index (χ1v) is 10.4. The summed E-state index contributed by atoms with van der Waals surface area (Å²) in [4.78, 5) is 31.1. The minimum atomic E-state index is -5.08. The first kappa shape index (κ1) is 24.3. The lowest BCUT2D eigenvalue weighted by atomic mass is 10.2. The van der Waals surface area contributed by atoms with Crippen LogP contribution in [0.3, 0.4) is 0 Å². The fourth-order valence-corrected chi connectivity index (χ4v) is 3.63. The van der Waals surface area contributed by atoms with E-state index in [1.54, 1.807) is 0 Å². The molecule has 11 heteroatoms. The van der Waals surface area contributed by atoms with E-state index < -0.39 is 12.1 Å². The van der Waals surface area contributed by atoms with E-state index in [4.69, 9.17) is 14.9 Å². The molecule has 0 bridgehead atoms. The monoisotopic (exact) mass is 465 g/mol. The number of carbonyl (C=O) groups excluding carboxylic acids is 1. The molecule has 1 fully saturated rings. The second kappa shape index (κ2) is 9.65. The van der Waals surface area contributed by atoms with Crippen molar-refractivity contribution in [3.63, 3.8) is 0 Å². The van der Waals surface area contributed by atoms with Crippen LogP contribution in [-0.4, -0.2) is 79.1 Å². The van der Waals surface area contributed by atoms with E-state index >= 15 is 0 Å². The maximum atomic E-state index is 13.2. The van der Waals surface area contributed by atoms with E-state index in [0.717, 1.165) is 43.1 Å². The van der Waals surface area contributed by atoms with Crippen LogP contribution in [0.25, 0.3) is 16.9 Å². The van der Waals surface area contributed by atoms with Crippen molar-refractivity contribution >= 4 is 17.4 Å². The molecule has 0 aliphatic carbocycles. The highest BCUT2D eigenvalue weighted by Crippen LogP contribution is 2.24. The zero-order valence-electron chi connectivity index (χ0n) is 18.6. The van der Waals surface area contributed by atoms with Gasteiger partial charge in [0.2, 0.25) is 0 Å². The van der Waals surface area contributed by atoms with E-state index in [0.29, 0.717) is 11.7 Å². The summed E-state index contributed by atoms with van der Waals surface area (Å²) >= 11 is 0. The Morgan fingerprint density at radius 3 is 2.21 bits per heavy atom. The molecule has 0 aromatic carbocycles. The number of aromatic nitrogens is 3. The molecule has 3 aromatic heterocycles. The molecular formula is C22H26F3N5O3. The largest absolute Gasteiger partial charge is 0.490 e. The van der Waals surface area contributed by atoms with E-state index in [9.17, 15) is 18.0 Å².